The fourth-order valence-electron chi connectivity index (χ4n) is 1.02. The number of carbonyl (C=O) groups excluding carboxylic acids is 1. The fraction of sp³-hybridized carbons (Fsp3) is 0.300. The number of rotatable bonds is 5. The van der Waals surface area contributed by atoms with Crippen molar-refractivity contribution in [3.05, 3.63) is 23.9 Å². The number of methoxy groups -OCH3 is 1. The number of nitrogens with zero attached hydrogens (tertiary/aromatic N) is 1. The van der Waals surface area contributed by atoms with E-state index in [4.69, 9.17) is 9.84 Å². The van der Waals surface area contributed by atoms with E-state index in [0.29, 0.717) is 6.61 Å². The molecule has 6 nitrogen and oxygen atoms in total. The van der Waals surface area contributed by atoms with Crippen LogP contribution in [-0.4, -0.2) is 35.7 Å². The van der Waals surface area contributed by atoms with Crippen LogP contribution in [0.1, 0.15) is 16.9 Å². The van der Waals surface area contributed by atoms with Crippen LogP contribution in [0.15, 0.2) is 18.2 Å². The van der Waals surface area contributed by atoms with Gasteiger partial charge in [-0.05, 0) is 12.1 Å². The summed E-state index contributed by atoms with van der Waals surface area (Å²) in [6.45, 7) is 0.310. The van der Waals surface area contributed by atoms with E-state index in [1.54, 1.807) is 0 Å². The zero-order valence-electron chi connectivity index (χ0n) is 8.77. The molecular formula is C10H12N2O4. The SMILES string of the molecule is COCCC(=O)Nc1cccc(C(=O)O)n1. The lowest BCUT2D eigenvalue weighted by molar-refractivity contribution is -0.117. The highest BCUT2D eigenvalue weighted by Gasteiger charge is 2.07. The third kappa shape index (κ3) is 3.66. The highest BCUT2D eigenvalue weighted by Crippen LogP contribution is 2.05. The normalized spacial score (nSPS) is 9.81. The summed E-state index contributed by atoms with van der Waals surface area (Å²) < 4.78 is 4.74. The second-order valence-electron chi connectivity index (χ2n) is 3.00. The summed E-state index contributed by atoms with van der Waals surface area (Å²) in [6.07, 6.45) is 0.204. The molecule has 0 saturated heterocycles. The van der Waals surface area contributed by atoms with E-state index in [-0.39, 0.29) is 23.8 Å². The number of carboxylic acids is 1. The largest absolute Gasteiger partial charge is 0.477 e. The second kappa shape index (κ2) is 5.82. The lowest BCUT2D eigenvalue weighted by Gasteiger charge is -2.04. The van der Waals surface area contributed by atoms with Crippen LogP contribution in [0.5, 0.6) is 0 Å². The molecule has 1 rings (SSSR count). The Balaban J connectivity index is 2.63. The van der Waals surface area contributed by atoms with E-state index in [9.17, 15) is 9.59 Å². The van der Waals surface area contributed by atoms with Crippen molar-refractivity contribution >= 4 is 17.7 Å². The molecule has 0 spiro atoms. The summed E-state index contributed by atoms with van der Waals surface area (Å²) in [5.41, 5.74) is -0.107. The minimum absolute atomic E-state index is 0.107. The van der Waals surface area contributed by atoms with E-state index in [1.807, 2.05) is 0 Å². The van der Waals surface area contributed by atoms with Gasteiger partial charge in [-0.25, -0.2) is 9.78 Å². The first-order valence-electron chi connectivity index (χ1n) is 4.62. The molecule has 86 valence electrons. The molecule has 0 aliphatic carbocycles. The number of carbonyl (C=O) groups is 2. The molecule has 0 aliphatic heterocycles. The first-order chi connectivity index (χ1) is 7.63. The molecule has 2 N–H and O–H groups in total. The smallest absolute Gasteiger partial charge is 0.354 e. The monoisotopic (exact) mass is 224 g/mol. The number of nitrogens with one attached hydrogen (secondary N) is 1. The van der Waals surface area contributed by atoms with Gasteiger partial charge in [0, 0.05) is 7.11 Å². The van der Waals surface area contributed by atoms with Gasteiger partial charge in [-0.15, -0.1) is 0 Å². The van der Waals surface area contributed by atoms with Gasteiger partial charge in [0.1, 0.15) is 5.82 Å². The first-order valence-corrected chi connectivity index (χ1v) is 4.62. The fourth-order valence-corrected chi connectivity index (χ4v) is 1.02. The Morgan fingerprint density at radius 3 is 2.88 bits per heavy atom. The number of ether oxygens (including phenoxy) is 1. The molecule has 0 bridgehead atoms. The van der Waals surface area contributed by atoms with Crippen molar-refractivity contribution in [1.29, 1.82) is 0 Å². The zero-order chi connectivity index (χ0) is 12.0. The number of aromatic carboxylic acids is 1. The number of carboxylic acid groups (broad SMARTS) is 1. The Kier molecular flexibility index (Phi) is 4.41. The third-order valence-corrected chi connectivity index (χ3v) is 1.77. The molecule has 1 heterocycles. The van der Waals surface area contributed by atoms with Gasteiger partial charge < -0.3 is 15.2 Å². The van der Waals surface area contributed by atoms with E-state index >= 15 is 0 Å². The highest BCUT2D eigenvalue weighted by molar-refractivity contribution is 5.91. The number of anilines is 1. The quantitative estimate of drug-likeness (QED) is 0.770. The maximum atomic E-state index is 11.3. The number of aromatic nitrogens is 1. The van der Waals surface area contributed by atoms with Crippen LogP contribution in [0, 0.1) is 0 Å². The third-order valence-electron chi connectivity index (χ3n) is 1.77. The second-order valence-corrected chi connectivity index (χ2v) is 3.00. The molecule has 1 aromatic heterocycles. The van der Waals surface area contributed by atoms with E-state index in [1.165, 1.54) is 25.3 Å². The molecule has 6 heteroatoms. The van der Waals surface area contributed by atoms with Crippen LogP contribution in [0.25, 0.3) is 0 Å². The van der Waals surface area contributed by atoms with Gasteiger partial charge in [0.15, 0.2) is 5.69 Å². The van der Waals surface area contributed by atoms with Crippen molar-refractivity contribution in [3.63, 3.8) is 0 Å². The number of amides is 1. The van der Waals surface area contributed by atoms with Crippen LogP contribution in [-0.2, 0) is 9.53 Å². The lowest BCUT2D eigenvalue weighted by Crippen LogP contribution is -2.15. The average Bonchev–Trinajstić information content (AvgIpc) is 2.26. The van der Waals surface area contributed by atoms with Crippen LogP contribution < -0.4 is 5.32 Å². The summed E-state index contributed by atoms with van der Waals surface area (Å²) in [5.74, 6) is -1.18. The molecule has 16 heavy (non-hydrogen) atoms. The summed E-state index contributed by atoms with van der Waals surface area (Å²) >= 11 is 0. The zero-order valence-corrected chi connectivity index (χ0v) is 8.77. The van der Waals surface area contributed by atoms with Crippen LogP contribution in [0.4, 0.5) is 5.82 Å². The Bertz CT molecular complexity index is 392. The van der Waals surface area contributed by atoms with Crippen molar-refractivity contribution in [3.8, 4) is 0 Å². The molecule has 0 atom stereocenters. The topological polar surface area (TPSA) is 88.5 Å². The van der Waals surface area contributed by atoms with Crippen LogP contribution in [0.2, 0.25) is 0 Å². The molecule has 0 fully saturated rings. The predicted molar refractivity (Wildman–Crippen MR) is 56.3 cm³/mol. The number of hydrogen-bond donors (Lipinski definition) is 2. The Hall–Kier alpha value is -1.95. The van der Waals surface area contributed by atoms with Crippen molar-refractivity contribution in [1.82, 2.24) is 4.98 Å². The van der Waals surface area contributed by atoms with Gasteiger partial charge in [-0.2, -0.15) is 0 Å². The summed E-state index contributed by atoms with van der Waals surface area (Å²) in [4.78, 5) is 25.6. The van der Waals surface area contributed by atoms with Gasteiger partial charge in [-0.3, -0.25) is 4.79 Å². The first kappa shape index (κ1) is 12.1. The van der Waals surface area contributed by atoms with Gasteiger partial charge >= 0.3 is 5.97 Å². The molecule has 0 saturated carbocycles. The number of hydrogen-bond acceptors (Lipinski definition) is 4. The van der Waals surface area contributed by atoms with Gasteiger partial charge in [0.25, 0.3) is 0 Å². The highest BCUT2D eigenvalue weighted by atomic mass is 16.5. The minimum atomic E-state index is -1.13. The molecule has 1 amide bonds. The Morgan fingerprint density at radius 1 is 1.50 bits per heavy atom. The molecule has 0 aliphatic rings. The Morgan fingerprint density at radius 2 is 2.25 bits per heavy atom. The van der Waals surface area contributed by atoms with Gasteiger partial charge in [0.05, 0.1) is 13.0 Å². The molecular weight excluding hydrogens is 212 g/mol. The summed E-state index contributed by atoms with van der Waals surface area (Å²) in [7, 11) is 1.50. The van der Waals surface area contributed by atoms with Gasteiger partial charge in [0.2, 0.25) is 5.91 Å². The lowest BCUT2D eigenvalue weighted by atomic mass is 10.3. The van der Waals surface area contributed by atoms with Crippen LogP contribution in [0.3, 0.4) is 0 Å². The van der Waals surface area contributed by atoms with E-state index in [0.717, 1.165) is 0 Å². The van der Waals surface area contributed by atoms with Gasteiger partial charge in [-0.1, -0.05) is 6.07 Å². The molecule has 0 aromatic carbocycles. The maximum absolute atomic E-state index is 11.3. The average molecular weight is 224 g/mol. The summed E-state index contributed by atoms with van der Waals surface area (Å²) in [5, 5.41) is 11.2. The number of pyridine rings is 1. The molecule has 0 radical (unpaired) electrons. The Labute approximate surface area is 92.3 Å². The maximum Gasteiger partial charge on any atom is 0.354 e. The molecule has 1 aromatic rings. The van der Waals surface area contributed by atoms with Crippen molar-refractivity contribution < 1.29 is 19.4 Å². The van der Waals surface area contributed by atoms with Crippen molar-refractivity contribution in [2.45, 2.75) is 6.42 Å². The minimum Gasteiger partial charge on any atom is -0.477 e. The summed E-state index contributed by atoms with van der Waals surface area (Å²) in [6, 6.07) is 4.40. The molecule has 0 unspecified atom stereocenters. The standard InChI is InChI=1S/C10H12N2O4/c1-16-6-5-9(13)12-8-4-2-3-7(11-8)10(14)15/h2-4H,5-6H2,1H3,(H,14,15)(H,11,12,13). The predicted octanol–water partition coefficient (Wildman–Crippen LogP) is 0.755. The van der Waals surface area contributed by atoms with E-state index < -0.39 is 5.97 Å². The van der Waals surface area contributed by atoms with Crippen molar-refractivity contribution in [2.75, 3.05) is 19.0 Å². The van der Waals surface area contributed by atoms with E-state index in [2.05, 4.69) is 10.3 Å². The van der Waals surface area contributed by atoms with Crippen LogP contribution >= 0.6 is 0 Å². The van der Waals surface area contributed by atoms with Crippen molar-refractivity contribution in [2.24, 2.45) is 0 Å².